The number of anilines is 1. The molecular formula is C24H30N4O3. The molecule has 0 amide bonds. The Morgan fingerprint density at radius 2 is 1.97 bits per heavy atom. The molecule has 1 aromatic carbocycles. The van der Waals surface area contributed by atoms with Gasteiger partial charge in [0.2, 0.25) is 11.8 Å². The molecular weight excluding hydrogens is 392 g/mol. The molecule has 1 aromatic heterocycles. The van der Waals surface area contributed by atoms with Crippen LogP contribution in [0, 0.1) is 17.2 Å². The Morgan fingerprint density at radius 3 is 2.68 bits per heavy atom. The van der Waals surface area contributed by atoms with Crippen LogP contribution in [0.2, 0.25) is 0 Å². The first-order valence-corrected chi connectivity index (χ1v) is 11.2. The van der Waals surface area contributed by atoms with Gasteiger partial charge in [0, 0.05) is 18.8 Å². The zero-order valence-corrected chi connectivity index (χ0v) is 18.0. The van der Waals surface area contributed by atoms with Crippen molar-refractivity contribution in [2.24, 2.45) is 5.92 Å². The third kappa shape index (κ3) is 5.86. The van der Waals surface area contributed by atoms with Crippen LogP contribution >= 0.6 is 0 Å². The number of rotatable bonds is 7. The molecule has 1 aliphatic heterocycles. The second-order valence-electron chi connectivity index (χ2n) is 8.44. The summed E-state index contributed by atoms with van der Waals surface area (Å²) in [5.74, 6) is 2.64. The van der Waals surface area contributed by atoms with Gasteiger partial charge in [0.15, 0.2) is 6.61 Å². The molecule has 7 heteroatoms. The van der Waals surface area contributed by atoms with Gasteiger partial charge in [-0.1, -0.05) is 19.1 Å². The van der Waals surface area contributed by atoms with Crippen LogP contribution in [-0.4, -0.2) is 41.9 Å². The summed E-state index contributed by atoms with van der Waals surface area (Å²) in [6.07, 6.45) is 8.51. The molecule has 31 heavy (non-hydrogen) atoms. The topological polar surface area (TPSA) is 89.3 Å². The standard InChI is InChI=1S/C24H30N4O3/c1-17-4-8-19(9-5-17)27-24-26-15-22(18-6-10-20(11-7-18)30-14-12-25)23(28-24)31-21-3-2-13-29-16-21/h6-7,10-11,15,17,19,21H,2-5,8-9,13-14,16H2,1H3,(H,26,27,28)/t17-,19-,21?. The van der Waals surface area contributed by atoms with Crippen molar-refractivity contribution >= 4 is 5.95 Å². The maximum Gasteiger partial charge on any atom is 0.226 e. The van der Waals surface area contributed by atoms with Crippen LogP contribution in [0.5, 0.6) is 11.6 Å². The van der Waals surface area contributed by atoms with Crippen molar-refractivity contribution in [1.29, 1.82) is 5.26 Å². The Morgan fingerprint density at radius 1 is 1.16 bits per heavy atom. The van der Waals surface area contributed by atoms with E-state index in [2.05, 4.69) is 17.2 Å². The van der Waals surface area contributed by atoms with Crippen LogP contribution in [0.1, 0.15) is 45.4 Å². The lowest BCUT2D eigenvalue weighted by Gasteiger charge is -2.27. The van der Waals surface area contributed by atoms with Crippen molar-refractivity contribution in [3.05, 3.63) is 30.5 Å². The molecule has 1 saturated carbocycles. The third-order valence-corrected chi connectivity index (χ3v) is 5.97. The van der Waals surface area contributed by atoms with Gasteiger partial charge in [0.1, 0.15) is 17.9 Å². The molecule has 1 aliphatic carbocycles. The van der Waals surface area contributed by atoms with E-state index in [1.807, 2.05) is 36.5 Å². The van der Waals surface area contributed by atoms with Gasteiger partial charge in [-0.05, 0) is 62.1 Å². The van der Waals surface area contributed by atoms with Gasteiger partial charge in [-0.15, -0.1) is 0 Å². The zero-order valence-electron chi connectivity index (χ0n) is 18.0. The molecule has 2 heterocycles. The zero-order chi connectivity index (χ0) is 21.5. The van der Waals surface area contributed by atoms with E-state index in [0.717, 1.165) is 49.3 Å². The van der Waals surface area contributed by atoms with Crippen LogP contribution in [0.4, 0.5) is 5.95 Å². The number of hydrogen-bond donors (Lipinski definition) is 1. The summed E-state index contributed by atoms with van der Waals surface area (Å²) in [6.45, 7) is 3.70. The maximum absolute atomic E-state index is 8.68. The molecule has 2 fully saturated rings. The van der Waals surface area contributed by atoms with E-state index in [1.165, 1.54) is 12.8 Å². The van der Waals surface area contributed by atoms with Crippen LogP contribution in [-0.2, 0) is 4.74 Å². The number of ether oxygens (including phenoxy) is 3. The molecule has 0 spiro atoms. The van der Waals surface area contributed by atoms with Crippen molar-refractivity contribution in [3.63, 3.8) is 0 Å². The van der Waals surface area contributed by atoms with E-state index in [-0.39, 0.29) is 12.7 Å². The summed E-state index contributed by atoms with van der Waals surface area (Å²) in [6, 6.07) is 9.94. The first-order valence-electron chi connectivity index (χ1n) is 11.2. The minimum Gasteiger partial charge on any atom is -0.479 e. The molecule has 0 bridgehead atoms. The van der Waals surface area contributed by atoms with E-state index in [1.54, 1.807) is 0 Å². The molecule has 1 unspecified atom stereocenters. The highest BCUT2D eigenvalue weighted by Gasteiger charge is 2.22. The van der Waals surface area contributed by atoms with Gasteiger partial charge in [0.05, 0.1) is 12.2 Å². The van der Waals surface area contributed by atoms with E-state index in [9.17, 15) is 0 Å². The minimum atomic E-state index is -0.0102. The maximum atomic E-state index is 8.68. The molecule has 1 N–H and O–H groups in total. The minimum absolute atomic E-state index is 0.0102. The predicted molar refractivity (Wildman–Crippen MR) is 118 cm³/mol. The lowest BCUT2D eigenvalue weighted by molar-refractivity contribution is 0.00578. The molecule has 2 aliphatic rings. The third-order valence-electron chi connectivity index (χ3n) is 5.97. The molecule has 7 nitrogen and oxygen atoms in total. The second kappa shape index (κ2) is 10.5. The SMILES string of the molecule is C[C@H]1CC[C@H](Nc2ncc(-c3ccc(OCC#N)cc3)c(OC3CCCOC3)n2)CC1. The highest BCUT2D eigenvalue weighted by Crippen LogP contribution is 2.32. The predicted octanol–water partition coefficient (Wildman–Crippen LogP) is 4.59. The first kappa shape index (κ1) is 21.4. The van der Waals surface area contributed by atoms with E-state index in [0.29, 0.717) is 30.2 Å². The summed E-state index contributed by atoms with van der Waals surface area (Å²) < 4.78 is 17.2. The molecule has 1 atom stereocenters. The smallest absolute Gasteiger partial charge is 0.226 e. The molecule has 4 rings (SSSR count). The Hall–Kier alpha value is -2.85. The quantitative estimate of drug-likeness (QED) is 0.698. The summed E-state index contributed by atoms with van der Waals surface area (Å²) in [5, 5.41) is 12.2. The van der Waals surface area contributed by atoms with Crippen molar-refractivity contribution < 1.29 is 14.2 Å². The number of aromatic nitrogens is 2. The average Bonchev–Trinajstić information content (AvgIpc) is 2.81. The van der Waals surface area contributed by atoms with Crippen LogP contribution in [0.3, 0.4) is 0 Å². The monoisotopic (exact) mass is 422 g/mol. The fourth-order valence-electron chi connectivity index (χ4n) is 4.12. The summed E-state index contributed by atoms with van der Waals surface area (Å²) in [4.78, 5) is 9.34. The highest BCUT2D eigenvalue weighted by atomic mass is 16.5. The van der Waals surface area contributed by atoms with Crippen molar-refractivity contribution in [1.82, 2.24) is 9.97 Å². The van der Waals surface area contributed by atoms with Crippen molar-refractivity contribution in [2.45, 2.75) is 57.6 Å². The van der Waals surface area contributed by atoms with E-state index < -0.39 is 0 Å². The Bertz CT molecular complexity index is 883. The van der Waals surface area contributed by atoms with Crippen LogP contribution < -0.4 is 14.8 Å². The van der Waals surface area contributed by atoms with Crippen LogP contribution in [0.25, 0.3) is 11.1 Å². The number of nitriles is 1. The number of hydrogen-bond acceptors (Lipinski definition) is 7. The summed E-state index contributed by atoms with van der Waals surface area (Å²) in [5.41, 5.74) is 1.77. The van der Waals surface area contributed by atoms with Gasteiger partial charge < -0.3 is 19.5 Å². The summed E-state index contributed by atoms with van der Waals surface area (Å²) in [7, 11) is 0. The van der Waals surface area contributed by atoms with Gasteiger partial charge in [-0.2, -0.15) is 10.2 Å². The molecule has 164 valence electrons. The lowest BCUT2D eigenvalue weighted by atomic mass is 9.87. The number of nitrogens with zero attached hydrogens (tertiary/aromatic N) is 3. The molecule has 0 radical (unpaired) electrons. The Kier molecular flexibility index (Phi) is 7.21. The van der Waals surface area contributed by atoms with Crippen molar-refractivity contribution in [3.8, 4) is 28.8 Å². The van der Waals surface area contributed by atoms with Gasteiger partial charge in [-0.3, -0.25) is 0 Å². The summed E-state index contributed by atoms with van der Waals surface area (Å²) >= 11 is 0. The molecule has 2 aromatic rings. The fourth-order valence-corrected chi connectivity index (χ4v) is 4.12. The second-order valence-corrected chi connectivity index (χ2v) is 8.44. The van der Waals surface area contributed by atoms with Gasteiger partial charge >= 0.3 is 0 Å². The number of nitrogens with one attached hydrogen (secondary N) is 1. The van der Waals surface area contributed by atoms with Crippen LogP contribution in [0.15, 0.2) is 30.5 Å². The largest absolute Gasteiger partial charge is 0.479 e. The Labute approximate surface area is 183 Å². The number of benzene rings is 1. The Balaban J connectivity index is 1.55. The van der Waals surface area contributed by atoms with Gasteiger partial charge in [0.25, 0.3) is 0 Å². The van der Waals surface area contributed by atoms with Crippen molar-refractivity contribution in [2.75, 3.05) is 25.1 Å². The van der Waals surface area contributed by atoms with Gasteiger partial charge in [-0.25, -0.2) is 4.98 Å². The normalized spacial score (nSPS) is 23.5. The lowest BCUT2D eigenvalue weighted by Crippen LogP contribution is -2.29. The highest BCUT2D eigenvalue weighted by molar-refractivity contribution is 5.69. The fraction of sp³-hybridized carbons (Fsp3) is 0.542. The van der Waals surface area contributed by atoms with E-state index in [4.69, 9.17) is 24.5 Å². The van der Waals surface area contributed by atoms with E-state index >= 15 is 0 Å². The molecule has 1 saturated heterocycles. The average molecular weight is 423 g/mol. The first-order chi connectivity index (χ1) is 15.2.